The summed E-state index contributed by atoms with van der Waals surface area (Å²) in [5.74, 6) is 0. The van der Waals surface area contributed by atoms with Crippen LogP contribution in [0, 0.1) is 0 Å². The molecule has 4 heteroatoms. The summed E-state index contributed by atoms with van der Waals surface area (Å²) in [5.41, 5.74) is 0. The maximum Gasteiger partial charge on any atom is 0.108 e. The van der Waals surface area contributed by atoms with E-state index in [2.05, 4.69) is 20.8 Å². The Morgan fingerprint density at radius 3 is 1.35 bits per heavy atom. The molecule has 0 rings (SSSR count). The molecule has 0 aliphatic heterocycles. The van der Waals surface area contributed by atoms with Gasteiger partial charge in [-0.3, -0.25) is 0 Å². The average Bonchev–Trinajstić information content (AvgIpc) is 2.39. The van der Waals surface area contributed by atoms with Gasteiger partial charge in [-0.2, -0.15) is 0 Å². The van der Waals surface area contributed by atoms with Crippen LogP contribution in [0.5, 0.6) is 0 Å². The number of nitrogens with zero attached hydrogens (tertiary/aromatic N) is 1. The van der Waals surface area contributed by atoms with Crippen molar-refractivity contribution in [2.45, 2.75) is 77.0 Å². The number of quaternary nitrogens is 1. The smallest absolute Gasteiger partial charge is 0.108 e. The number of hydrogen-bond donors (Lipinski definition) is 0. The minimum atomic E-state index is -0.189. The average molecular weight is 438 g/mol. The first-order chi connectivity index (χ1) is 9.10. The maximum absolute atomic E-state index is 5.88. The van der Waals surface area contributed by atoms with Gasteiger partial charge in [0.25, 0.3) is 0 Å². The maximum atomic E-state index is 5.88. The predicted molar refractivity (Wildman–Crippen MR) is 89.2 cm³/mol. The molecule has 124 valence electrons. The second-order valence-electron chi connectivity index (χ2n) is 5.83. The van der Waals surface area contributed by atoms with Crippen molar-refractivity contribution in [3.8, 4) is 0 Å². The Morgan fingerprint density at radius 2 is 1.05 bits per heavy atom. The van der Waals surface area contributed by atoms with Crippen LogP contribution in [0.4, 0.5) is 0 Å². The van der Waals surface area contributed by atoms with Gasteiger partial charge >= 0.3 is 0 Å². The summed E-state index contributed by atoms with van der Waals surface area (Å²) >= 11 is 11.8. The van der Waals surface area contributed by atoms with Crippen molar-refractivity contribution >= 4 is 23.2 Å². The molecule has 0 radical (unpaired) electrons. The van der Waals surface area contributed by atoms with Crippen LogP contribution in [0.2, 0.25) is 0 Å². The van der Waals surface area contributed by atoms with Crippen LogP contribution in [0.3, 0.4) is 0 Å². The monoisotopic (exact) mass is 437 g/mol. The summed E-state index contributed by atoms with van der Waals surface area (Å²) in [5, 5.41) is 0. The van der Waals surface area contributed by atoms with Crippen molar-refractivity contribution in [1.29, 1.82) is 0 Å². The summed E-state index contributed by atoms with van der Waals surface area (Å²) in [4.78, 5) is -0.189. The first-order valence-corrected chi connectivity index (χ1v) is 9.10. The largest absolute Gasteiger partial charge is 1.00 e. The zero-order valence-corrected chi connectivity index (χ0v) is 17.3. The van der Waals surface area contributed by atoms with Crippen LogP contribution in [-0.4, -0.2) is 35.5 Å². The fourth-order valence-electron chi connectivity index (χ4n) is 2.73. The summed E-state index contributed by atoms with van der Waals surface area (Å²) in [6, 6.07) is 0. The Labute approximate surface area is 154 Å². The minimum absolute atomic E-state index is 0. The molecule has 0 unspecified atom stereocenters. The third-order valence-electron chi connectivity index (χ3n) is 4.01. The minimum Gasteiger partial charge on any atom is -1.00 e. The Hall–Kier alpha value is 1.27. The summed E-state index contributed by atoms with van der Waals surface area (Å²) < 4.78 is 1.30. The van der Waals surface area contributed by atoms with E-state index in [1.165, 1.54) is 69.2 Å². The molecule has 0 aromatic heterocycles. The molecule has 0 atom stereocenters. The fraction of sp³-hybridized carbons (Fsp3) is 1.00. The zero-order valence-electron chi connectivity index (χ0n) is 13.6. The van der Waals surface area contributed by atoms with Gasteiger partial charge in [0.15, 0.2) is 0 Å². The molecule has 0 aromatic carbocycles. The predicted octanol–water partition coefficient (Wildman–Crippen LogP) is 2.79. The van der Waals surface area contributed by atoms with E-state index in [1.807, 2.05) is 0 Å². The molecular formula is C16H34Cl2IN. The summed E-state index contributed by atoms with van der Waals surface area (Å²) in [7, 11) is 0. The number of alkyl halides is 2. The van der Waals surface area contributed by atoms with Gasteiger partial charge < -0.3 is 28.5 Å². The lowest BCUT2D eigenvalue weighted by Gasteiger charge is -2.39. The van der Waals surface area contributed by atoms with Gasteiger partial charge in [0.1, 0.15) is 4.84 Å². The molecule has 0 heterocycles. The van der Waals surface area contributed by atoms with Crippen molar-refractivity contribution in [2.24, 2.45) is 0 Å². The van der Waals surface area contributed by atoms with E-state index >= 15 is 0 Å². The second kappa shape index (κ2) is 15.2. The lowest BCUT2D eigenvalue weighted by Crippen LogP contribution is -3.00. The van der Waals surface area contributed by atoms with Crippen LogP contribution in [0.15, 0.2) is 0 Å². The van der Waals surface area contributed by atoms with Gasteiger partial charge in [0.05, 0.1) is 26.2 Å². The topological polar surface area (TPSA) is 0 Å². The van der Waals surface area contributed by atoms with E-state index < -0.39 is 0 Å². The van der Waals surface area contributed by atoms with Gasteiger partial charge in [0, 0.05) is 0 Å². The molecule has 0 N–H and O–H groups in total. The molecule has 0 aliphatic rings. The molecule has 1 nitrogen and oxygen atoms in total. The van der Waals surface area contributed by atoms with Crippen LogP contribution in [0.25, 0.3) is 0 Å². The van der Waals surface area contributed by atoms with Crippen LogP contribution >= 0.6 is 23.2 Å². The Morgan fingerprint density at radius 1 is 0.700 bits per heavy atom. The molecule has 20 heavy (non-hydrogen) atoms. The van der Waals surface area contributed by atoms with Crippen molar-refractivity contribution in [3.05, 3.63) is 0 Å². The fourth-order valence-corrected chi connectivity index (χ4v) is 3.04. The SMILES string of the molecule is CCCC[N+](CCCC)(CCCC)CCCC(Cl)Cl.[I-]. The Kier molecular flexibility index (Phi) is 17.9. The van der Waals surface area contributed by atoms with Gasteiger partial charge in [0.2, 0.25) is 0 Å². The molecule has 0 fully saturated rings. The highest BCUT2D eigenvalue weighted by atomic mass is 127. The van der Waals surface area contributed by atoms with Crippen molar-refractivity contribution in [2.75, 3.05) is 26.2 Å². The van der Waals surface area contributed by atoms with Crippen LogP contribution < -0.4 is 24.0 Å². The highest BCUT2D eigenvalue weighted by Gasteiger charge is 2.25. The molecule has 0 aliphatic carbocycles. The highest BCUT2D eigenvalue weighted by Crippen LogP contribution is 2.18. The van der Waals surface area contributed by atoms with Crippen LogP contribution in [0.1, 0.15) is 72.1 Å². The molecule has 0 aromatic rings. The lowest BCUT2D eigenvalue weighted by atomic mass is 10.1. The first-order valence-electron chi connectivity index (χ1n) is 8.23. The quantitative estimate of drug-likeness (QED) is 0.236. The van der Waals surface area contributed by atoms with E-state index in [0.29, 0.717) is 0 Å². The third kappa shape index (κ3) is 11.9. The van der Waals surface area contributed by atoms with E-state index in [0.717, 1.165) is 12.8 Å². The van der Waals surface area contributed by atoms with Crippen molar-refractivity contribution < 1.29 is 28.5 Å². The van der Waals surface area contributed by atoms with E-state index in [-0.39, 0.29) is 28.8 Å². The number of rotatable bonds is 13. The van der Waals surface area contributed by atoms with Gasteiger partial charge in [-0.05, 0) is 32.1 Å². The zero-order chi connectivity index (χ0) is 14.6. The van der Waals surface area contributed by atoms with Crippen LogP contribution in [-0.2, 0) is 0 Å². The van der Waals surface area contributed by atoms with E-state index in [4.69, 9.17) is 23.2 Å². The molecule has 0 spiro atoms. The lowest BCUT2D eigenvalue weighted by molar-refractivity contribution is -0.929. The number of hydrogen-bond acceptors (Lipinski definition) is 0. The highest BCUT2D eigenvalue weighted by molar-refractivity contribution is 6.44. The molecular weight excluding hydrogens is 404 g/mol. The summed E-state index contributed by atoms with van der Waals surface area (Å²) in [6.45, 7) is 12.2. The molecule has 0 bridgehead atoms. The Balaban J connectivity index is 0. The van der Waals surface area contributed by atoms with Gasteiger partial charge in [-0.1, -0.05) is 40.0 Å². The van der Waals surface area contributed by atoms with Gasteiger partial charge in [-0.25, -0.2) is 0 Å². The molecule has 0 saturated heterocycles. The normalized spacial score (nSPS) is 11.7. The third-order valence-corrected chi connectivity index (χ3v) is 4.45. The Bertz CT molecular complexity index is 179. The number of unbranched alkanes of at least 4 members (excludes halogenated alkanes) is 3. The van der Waals surface area contributed by atoms with E-state index in [9.17, 15) is 0 Å². The first kappa shape index (κ1) is 23.5. The van der Waals surface area contributed by atoms with Crippen molar-refractivity contribution in [3.63, 3.8) is 0 Å². The second-order valence-corrected chi connectivity index (χ2v) is 7.11. The van der Waals surface area contributed by atoms with Gasteiger partial charge in [-0.15, -0.1) is 23.2 Å². The van der Waals surface area contributed by atoms with E-state index in [1.54, 1.807) is 0 Å². The summed E-state index contributed by atoms with van der Waals surface area (Å²) in [6.07, 6.45) is 10.0. The molecule has 0 amide bonds. The standard InChI is InChI=1S/C16H34Cl2N.HI/c1-4-7-12-19(13-8-5-2,14-9-6-3)15-10-11-16(17)18;/h16H,4-15H2,1-3H3;1H/q+1;/p-1. The van der Waals surface area contributed by atoms with Crippen molar-refractivity contribution in [1.82, 2.24) is 0 Å². The molecule has 0 saturated carbocycles. The number of halogens is 3.